The van der Waals surface area contributed by atoms with Crippen LogP contribution in [0.5, 0.6) is 5.75 Å². The number of hydrogen-bond donors (Lipinski definition) is 1. The van der Waals surface area contributed by atoms with E-state index in [0.29, 0.717) is 29.6 Å². The van der Waals surface area contributed by atoms with Gasteiger partial charge in [-0.05, 0) is 45.7 Å². The van der Waals surface area contributed by atoms with E-state index in [1.54, 1.807) is 23.1 Å². The lowest BCUT2D eigenvalue weighted by molar-refractivity contribution is 0.0139. The molecule has 1 amide bonds. The second-order valence-electron chi connectivity index (χ2n) is 6.97. The summed E-state index contributed by atoms with van der Waals surface area (Å²) in [5.74, 6) is 0.931. The van der Waals surface area contributed by atoms with Crippen LogP contribution in [0.4, 0.5) is 10.5 Å². The standard InChI is InChI=1S/C17H25ClN2O3/c1-17(2,3)23-16(21)20-6-4-5-12(10-20)11-22-15-8-13(18)7-14(19)9-15/h7-9,12H,4-6,10-11,19H2,1-3H3. The summed E-state index contributed by atoms with van der Waals surface area (Å²) < 4.78 is 11.2. The van der Waals surface area contributed by atoms with Crippen molar-refractivity contribution in [3.63, 3.8) is 0 Å². The molecular weight excluding hydrogens is 316 g/mol. The number of rotatable bonds is 3. The summed E-state index contributed by atoms with van der Waals surface area (Å²) >= 11 is 5.97. The Balaban J connectivity index is 1.87. The van der Waals surface area contributed by atoms with Gasteiger partial charge in [0.15, 0.2) is 0 Å². The average Bonchev–Trinajstić information content (AvgIpc) is 2.43. The zero-order valence-corrected chi connectivity index (χ0v) is 14.7. The predicted molar refractivity (Wildman–Crippen MR) is 91.9 cm³/mol. The first kappa shape index (κ1) is 17.7. The number of carbonyl (C=O) groups excluding carboxylic acids is 1. The Hall–Kier alpha value is -1.62. The molecule has 0 bridgehead atoms. The van der Waals surface area contributed by atoms with E-state index >= 15 is 0 Å². The number of ether oxygens (including phenoxy) is 2. The van der Waals surface area contributed by atoms with Gasteiger partial charge in [-0.2, -0.15) is 0 Å². The SMILES string of the molecule is CC(C)(C)OC(=O)N1CCCC(COc2cc(N)cc(Cl)c2)C1. The second kappa shape index (κ2) is 7.30. The van der Waals surface area contributed by atoms with Crippen molar-refractivity contribution in [2.24, 2.45) is 5.92 Å². The van der Waals surface area contributed by atoms with Gasteiger partial charge in [0.2, 0.25) is 0 Å². The summed E-state index contributed by atoms with van der Waals surface area (Å²) in [6, 6.07) is 5.17. The number of piperidine rings is 1. The van der Waals surface area contributed by atoms with Crippen LogP contribution in [0.1, 0.15) is 33.6 Å². The molecule has 0 saturated carbocycles. The topological polar surface area (TPSA) is 64.8 Å². The summed E-state index contributed by atoms with van der Waals surface area (Å²) in [5, 5.41) is 0.555. The summed E-state index contributed by atoms with van der Waals surface area (Å²) in [7, 11) is 0. The first-order chi connectivity index (χ1) is 10.7. The molecular formula is C17H25ClN2O3. The summed E-state index contributed by atoms with van der Waals surface area (Å²) in [6.07, 6.45) is 1.72. The fourth-order valence-electron chi connectivity index (χ4n) is 2.58. The zero-order chi connectivity index (χ0) is 17.0. The molecule has 0 aromatic heterocycles. The van der Waals surface area contributed by atoms with Crippen LogP contribution < -0.4 is 10.5 Å². The summed E-state index contributed by atoms with van der Waals surface area (Å²) in [6.45, 7) is 7.52. The van der Waals surface area contributed by atoms with E-state index in [1.807, 2.05) is 20.8 Å². The third-order valence-electron chi connectivity index (χ3n) is 3.55. The Kier molecular flexibility index (Phi) is 5.63. The van der Waals surface area contributed by atoms with Crippen molar-refractivity contribution in [2.75, 3.05) is 25.4 Å². The molecule has 6 heteroatoms. The van der Waals surface area contributed by atoms with Gasteiger partial charge in [-0.15, -0.1) is 0 Å². The maximum atomic E-state index is 12.2. The van der Waals surface area contributed by atoms with E-state index in [0.717, 1.165) is 19.4 Å². The molecule has 23 heavy (non-hydrogen) atoms. The minimum Gasteiger partial charge on any atom is -0.493 e. The van der Waals surface area contributed by atoms with Gasteiger partial charge in [-0.25, -0.2) is 4.79 Å². The molecule has 1 aliphatic heterocycles. The minimum absolute atomic E-state index is 0.255. The molecule has 1 aliphatic rings. The highest BCUT2D eigenvalue weighted by Crippen LogP contribution is 2.25. The molecule has 128 valence electrons. The van der Waals surface area contributed by atoms with Gasteiger partial charge in [0.1, 0.15) is 11.4 Å². The molecule has 1 aromatic rings. The fraction of sp³-hybridized carbons (Fsp3) is 0.588. The molecule has 0 radical (unpaired) electrons. The molecule has 1 fully saturated rings. The zero-order valence-electron chi connectivity index (χ0n) is 14.0. The highest BCUT2D eigenvalue weighted by molar-refractivity contribution is 6.31. The first-order valence-corrected chi connectivity index (χ1v) is 8.27. The minimum atomic E-state index is -0.473. The van der Waals surface area contributed by atoms with Gasteiger partial charge in [-0.3, -0.25) is 0 Å². The number of hydrogen-bond acceptors (Lipinski definition) is 4. The molecule has 0 spiro atoms. The maximum absolute atomic E-state index is 12.2. The van der Waals surface area contributed by atoms with Crippen LogP contribution in [-0.2, 0) is 4.74 Å². The highest BCUT2D eigenvalue weighted by atomic mass is 35.5. The number of anilines is 1. The van der Waals surface area contributed by atoms with Gasteiger partial charge in [0.05, 0.1) is 6.61 Å². The number of amides is 1. The predicted octanol–water partition coefficient (Wildman–Crippen LogP) is 3.95. The van der Waals surface area contributed by atoms with Gasteiger partial charge in [0, 0.05) is 35.8 Å². The van der Waals surface area contributed by atoms with Crippen molar-refractivity contribution in [2.45, 2.75) is 39.2 Å². The number of carbonyl (C=O) groups is 1. The molecule has 1 saturated heterocycles. The Morgan fingerprint density at radius 1 is 1.39 bits per heavy atom. The van der Waals surface area contributed by atoms with E-state index in [4.69, 9.17) is 26.8 Å². The van der Waals surface area contributed by atoms with Gasteiger partial charge in [0.25, 0.3) is 0 Å². The Bertz CT molecular complexity index is 537. The molecule has 5 nitrogen and oxygen atoms in total. The van der Waals surface area contributed by atoms with Crippen LogP contribution >= 0.6 is 11.6 Å². The van der Waals surface area contributed by atoms with Gasteiger partial charge in [-0.1, -0.05) is 11.6 Å². The van der Waals surface area contributed by atoms with Crippen LogP contribution in [0.25, 0.3) is 0 Å². The third-order valence-corrected chi connectivity index (χ3v) is 3.77. The molecule has 2 N–H and O–H groups in total. The van der Waals surface area contributed by atoms with E-state index in [2.05, 4.69) is 0 Å². The molecule has 1 heterocycles. The number of nitrogens with two attached hydrogens (primary N) is 1. The van der Waals surface area contributed by atoms with Crippen LogP contribution in [0.15, 0.2) is 18.2 Å². The lowest BCUT2D eigenvalue weighted by Gasteiger charge is -2.34. The normalized spacial score (nSPS) is 18.6. The van der Waals surface area contributed by atoms with Crippen molar-refractivity contribution in [3.05, 3.63) is 23.2 Å². The number of halogens is 1. The average molecular weight is 341 g/mol. The molecule has 1 aromatic carbocycles. The number of nitrogen functional groups attached to an aromatic ring is 1. The number of benzene rings is 1. The van der Waals surface area contributed by atoms with Crippen molar-refractivity contribution < 1.29 is 14.3 Å². The van der Waals surface area contributed by atoms with Crippen molar-refractivity contribution in [1.29, 1.82) is 0 Å². The largest absolute Gasteiger partial charge is 0.493 e. The second-order valence-corrected chi connectivity index (χ2v) is 7.40. The molecule has 2 rings (SSSR count). The molecule has 0 aliphatic carbocycles. The summed E-state index contributed by atoms with van der Waals surface area (Å²) in [4.78, 5) is 13.9. The Labute approximate surface area is 142 Å². The summed E-state index contributed by atoms with van der Waals surface area (Å²) in [5.41, 5.74) is 5.86. The van der Waals surface area contributed by atoms with Gasteiger partial charge < -0.3 is 20.1 Å². The molecule has 1 atom stereocenters. The lowest BCUT2D eigenvalue weighted by atomic mass is 9.99. The van der Waals surface area contributed by atoms with E-state index < -0.39 is 5.60 Å². The van der Waals surface area contributed by atoms with Crippen molar-refractivity contribution >= 4 is 23.4 Å². The number of nitrogens with zero attached hydrogens (tertiary/aromatic N) is 1. The smallest absolute Gasteiger partial charge is 0.410 e. The van der Waals surface area contributed by atoms with Crippen LogP contribution in [0.2, 0.25) is 5.02 Å². The van der Waals surface area contributed by atoms with Crippen LogP contribution in [0.3, 0.4) is 0 Å². The van der Waals surface area contributed by atoms with E-state index in [1.165, 1.54) is 0 Å². The lowest BCUT2D eigenvalue weighted by Crippen LogP contribution is -2.44. The third kappa shape index (κ3) is 5.82. The monoisotopic (exact) mass is 340 g/mol. The fourth-order valence-corrected chi connectivity index (χ4v) is 2.81. The molecule has 1 unspecified atom stereocenters. The quantitative estimate of drug-likeness (QED) is 0.846. The maximum Gasteiger partial charge on any atom is 0.410 e. The van der Waals surface area contributed by atoms with Crippen LogP contribution in [-0.4, -0.2) is 36.3 Å². The van der Waals surface area contributed by atoms with Crippen molar-refractivity contribution in [3.8, 4) is 5.75 Å². The van der Waals surface area contributed by atoms with Gasteiger partial charge >= 0.3 is 6.09 Å². The van der Waals surface area contributed by atoms with Crippen LogP contribution in [0, 0.1) is 5.92 Å². The highest BCUT2D eigenvalue weighted by Gasteiger charge is 2.27. The van der Waals surface area contributed by atoms with Crippen molar-refractivity contribution in [1.82, 2.24) is 4.90 Å². The van der Waals surface area contributed by atoms with E-state index in [-0.39, 0.29) is 12.0 Å². The Morgan fingerprint density at radius 3 is 2.78 bits per heavy atom. The Morgan fingerprint density at radius 2 is 2.13 bits per heavy atom. The first-order valence-electron chi connectivity index (χ1n) is 7.90. The number of likely N-dealkylation sites (tertiary alicyclic amines) is 1. The van der Waals surface area contributed by atoms with E-state index in [9.17, 15) is 4.79 Å².